The first-order valence-corrected chi connectivity index (χ1v) is 19.7. The molecule has 0 amide bonds. The molecule has 0 aromatic heterocycles. The molecule has 1 fully saturated rings. The summed E-state index contributed by atoms with van der Waals surface area (Å²) in [6.45, 7) is 9.32. The molecule has 1 rings (SSSR count). The van der Waals surface area contributed by atoms with Crippen molar-refractivity contribution in [3.05, 3.63) is 0 Å². The summed E-state index contributed by atoms with van der Waals surface area (Å²) in [7, 11) is 7.44. The predicted molar refractivity (Wildman–Crippen MR) is 158 cm³/mol. The van der Waals surface area contributed by atoms with Crippen molar-refractivity contribution in [1.82, 2.24) is 14.7 Å². The van der Waals surface area contributed by atoms with E-state index >= 15 is 0 Å². The van der Waals surface area contributed by atoms with Crippen LogP contribution in [0.1, 0.15) is 19.3 Å². The number of piperazine rings is 1. The first-order chi connectivity index (χ1) is 18.8. The molecule has 15 heteroatoms. The maximum atomic E-state index is 5.62. The SMILES string of the molecule is CO[Si](CCCN(CCC[Si](OC)(OC)OC)CCN1CCN(CCC[Si](OC)(OC)OC)CC1)(OC)OC. The molecule has 39 heavy (non-hydrogen) atoms. The van der Waals surface area contributed by atoms with Gasteiger partial charge in [-0.05, 0) is 38.9 Å². The molecule has 1 aliphatic rings. The summed E-state index contributed by atoms with van der Waals surface area (Å²) in [5, 5.41) is 0. The van der Waals surface area contributed by atoms with Crippen LogP contribution in [-0.2, 0) is 39.8 Å². The fourth-order valence-corrected chi connectivity index (χ4v) is 10.2. The van der Waals surface area contributed by atoms with Crippen molar-refractivity contribution in [3.8, 4) is 0 Å². The minimum atomic E-state index is -2.57. The van der Waals surface area contributed by atoms with Crippen LogP contribution in [0.25, 0.3) is 0 Å². The van der Waals surface area contributed by atoms with Gasteiger partial charge in [0.1, 0.15) is 0 Å². The van der Waals surface area contributed by atoms with E-state index in [0.29, 0.717) is 0 Å². The summed E-state index contributed by atoms with van der Waals surface area (Å²) < 4.78 is 50.4. The minimum absolute atomic E-state index is 0.790. The summed E-state index contributed by atoms with van der Waals surface area (Å²) in [6.07, 6.45) is 2.91. The second-order valence-electron chi connectivity index (χ2n) is 9.72. The average Bonchev–Trinajstić information content (AvgIpc) is 2.99. The van der Waals surface area contributed by atoms with Crippen molar-refractivity contribution in [2.45, 2.75) is 37.4 Å². The molecule has 0 spiro atoms. The van der Waals surface area contributed by atoms with E-state index < -0.39 is 26.4 Å². The zero-order chi connectivity index (χ0) is 29.2. The van der Waals surface area contributed by atoms with Crippen LogP contribution in [0.4, 0.5) is 0 Å². The average molecular weight is 616 g/mol. The van der Waals surface area contributed by atoms with Crippen LogP contribution in [0.5, 0.6) is 0 Å². The number of nitrogens with zero attached hydrogens (tertiary/aromatic N) is 3. The highest BCUT2D eigenvalue weighted by Crippen LogP contribution is 2.19. The lowest BCUT2D eigenvalue weighted by molar-refractivity contribution is 0.106. The molecule has 0 bridgehead atoms. The maximum Gasteiger partial charge on any atom is 0.500 e. The summed E-state index contributed by atoms with van der Waals surface area (Å²) in [4.78, 5) is 7.62. The lowest BCUT2D eigenvalue weighted by Gasteiger charge is -2.36. The third kappa shape index (κ3) is 12.5. The molecule has 0 N–H and O–H groups in total. The van der Waals surface area contributed by atoms with Gasteiger partial charge in [0, 0.05) is 121 Å². The Balaban J connectivity index is 2.56. The minimum Gasteiger partial charge on any atom is -0.377 e. The van der Waals surface area contributed by atoms with Gasteiger partial charge in [-0.3, -0.25) is 4.90 Å². The first-order valence-electron chi connectivity index (χ1n) is 13.9. The van der Waals surface area contributed by atoms with Crippen molar-refractivity contribution in [2.75, 3.05) is 123 Å². The zero-order valence-corrected chi connectivity index (χ0v) is 29.1. The molecule has 12 nitrogen and oxygen atoms in total. The largest absolute Gasteiger partial charge is 0.500 e. The van der Waals surface area contributed by atoms with Crippen LogP contribution < -0.4 is 0 Å². The van der Waals surface area contributed by atoms with Gasteiger partial charge in [0.25, 0.3) is 0 Å². The molecule has 0 aliphatic carbocycles. The van der Waals surface area contributed by atoms with E-state index in [1.54, 1.807) is 64.0 Å². The van der Waals surface area contributed by atoms with Crippen LogP contribution in [0.3, 0.4) is 0 Å². The van der Waals surface area contributed by atoms with Gasteiger partial charge in [-0.25, -0.2) is 0 Å². The number of hydrogen-bond donors (Lipinski definition) is 0. The van der Waals surface area contributed by atoms with Crippen molar-refractivity contribution in [3.63, 3.8) is 0 Å². The van der Waals surface area contributed by atoms with Crippen LogP contribution >= 0.6 is 0 Å². The predicted octanol–water partition coefficient (Wildman–Crippen LogP) is 1.71. The van der Waals surface area contributed by atoms with Crippen LogP contribution in [0, 0.1) is 0 Å². The van der Waals surface area contributed by atoms with Crippen LogP contribution in [-0.4, -0.2) is 164 Å². The summed E-state index contributed by atoms with van der Waals surface area (Å²) in [6, 6.07) is 2.42. The highest BCUT2D eigenvalue weighted by atomic mass is 28.4. The standard InChI is InChI=1S/C24H57N3O9Si3/c1-28-37(29-2,30-3)22-10-13-25(14-11-23-38(31-4,32-5)33-6)16-19-27-20-17-26(18-21-27)15-12-24-39(34-7,35-8)36-9/h10-24H2,1-9H3. The Morgan fingerprint density at radius 2 is 0.744 bits per heavy atom. The summed E-state index contributed by atoms with van der Waals surface area (Å²) in [5.74, 6) is 0. The molecular weight excluding hydrogens is 559 g/mol. The van der Waals surface area contributed by atoms with Gasteiger partial charge < -0.3 is 49.6 Å². The molecular formula is C24H57N3O9Si3. The fourth-order valence-electron chi connectivity index (χ4n) is 5.08. The quantitative estimate of drug-likeness (QED) is 0.148. The molecule has 0 saturated carbocycles. The molecule has 0 atom stereocenters. The van der Waals surface area contributed by atoms with Gasteiger partial charge in [0.05, 0.1) is 0 Å². The Kier molecular flexibility index (Phi) is 19.2. The lowest BCUT2D eigenvalue weighted by Crippen LogP contribution is -2.49. The molecule has 0 radical (unpaired) electrons. The highest BCUT2D eigenvalue weighted by molar-refractivity contribution is 6.61. The van der Waals surface area contributed by atoms with Crippen LogP contribution in [0.15, 0.2) is 0 Å². The summed E-state index contributed by atoms with van der Waals surface area (Å²) >= 11 is 0. The molecule has 0 aromatic carbocycles. The van der Waals surface area contributed by atoms with Gasteiger partial charge in [-0.2, -0.15) is 0 Å². The summed E-state index contributed by atoms with van der Waals surface area (Å²) in [5.41, 5.74) is 0. The van der Waals surface area contributed by atoms with Gasteiger partial charge in [0.15, 0.2) is 0 Å². The van der Waals surface area contributed by atoms with E-state index in [4.69, 9.17) is 39.8 Å². The fraction of sp³-hybridized carbons (Fsp3) is 1.00. The van der Waals surface area contributed by atoms with E-state index in [1.807, 2.05) is 0 Å². The van der Waals surface area contributed by atoms with Gasteiger partial charge in [-0.1, -0.05) is 0 Å². The van der Waals surface area contributed by atoms with E-state index in [2.05, 4.69) is 14.7 Å². The molecule has 1 saturated heterocycles. The van der Waals surface area contributed by atoms with E-state index in [0.717, 1.165) is 96.3 Å². The maximum absolute atomic E-state index is 5.62. The molecule has 0 aromatic rings. The number of rotatable bonds is 24. The number of hydrogen-bond acceptors (Lipinski definition) is 12. The second-order valence-corrected chi connectivity index (χ2v) is 19.0. The third-order valence-electron chi connectivity index (χ3n) is 7.87. The van der Waals surface area contributed by atoms with Crippen molar-refractivity contribution >= 4 is 26.4 Å². The second kappa shape index (κ2) is 20.1. The van der Waals surface area contributed by atoms with Crippen molar-refractivity contribution in [1.29, 1.82) is 0 Å². The molecule has 234 valence electrons. The van der Waals surface area contributed by atoms with Gasteiger partial charge >= 0.3 is 26.4 Å². The highest BCUT2D eigenvalue weighted by Gasteiger charge is 2.39. The Bertz CT molecular complexity index is 560. The van der Waals surface area contributed by atoms with E-state index in [9.17, 15) is 0 Å². The molecule has 0 unspecified atom stereocenters. The Hall–Kier alpha value is 0.171. The monoisotopic (exact) mass is 615 g/mol. The Morgan fingerprint density at radius 3 is 1.08 bits per heavy atom. The Morgan fingerprint density at radius 1 is 0.436 bits per heavy atom. The van der Waals surface area contributed by atoms with Crippen molar-refractivity contribution in [2.24, 2.45) is 0 Å². The van der Waals surface area contributed by atoms with Crippen molar-refractivity contribution < 1.29 is 39.8 Å². The molecule has 1 aliphatic heterocycles. The first kappa shape index (κ1) is 37.2. The van der Waals surface area contributed by atoms with Gasteiger partial charge in [-0.15, -0.1) is 0 Å². The lowest BCUT2D eigenvalue weighted by atomic mass is 10.3. The smallest absolute Gasteiger partial charge is 0.377 e. The molecule has 1 heterocycles. The Labute approximate surface area is 241 Å². The normalized spacial score (nSPS) is 16.5. The van der Waals surface area contributed by atoms with E-state index in [-0.39, 0.29) is 0 Å². The van der Waals surface area contributed by atoms with E-state index in [1.165, 1.54) is 0 Å². The topological polar surface area (TPSA) is 92.8 Å². The van der Waals surface area contributed by atoms with Crippen LogP contribution in [0.2, 0.25) is 18.1 Å². The third-order valence-corrected chi connectivity index (χ3v) is 16.4. The van der Waals surface area contributed by atoms with Gasteiger partial charge in [0.2, 0.25) is 0 Å². The zero-order valence-electron chi connectivity index (χ0n) is 26.1.